The van der Waals surface area contributed by atoms with Crippen molar-refractivity contribution < 1.29 is 14.3 Å². The monoisotopic (exact) mass is 579 g/mol. The number of carbonyl (C=O) groups is 1. The second-order valence-electron chi connectivity index (χ2n) is 11.2. The van der Waals surface area contributed by atoms with Gasteiger partial charge in [0, 0.05) is 16.9 Å². The number of methoxy groups -OCH3 is 2. The van der Waals surface area contributed by atoms with Crippen LogP contribution in [0.3, 0.4) is 0 Å². The lowest BCUT2D eigenvalue weighted by Gasteiger charge is -2.30. The summed E-state index contributed by atoms with van der Waals surface area (Å²) < 4.78 is 10.8. The van der Waals surface area contributed by atoms with Gasteiger partial charge in [-0.25, -0.2) is 9.99 Å². The molecule has 0 bridgehead atoms. The van der Waals surface area contributed by atoms with Gasteiger partial charge in [0.25, 0.3) is 5.91 Å². The van der Waals surface area contributed by atoms with Gasteiger partial charge in [0.1, 0.15) is 11.5 Å². The van der Waals surface area contributed by atoms with E-state index in [1.165, 1.54) is 5.57 Å². The van der Waals surface area contributed by atoms with Crippen LogP contribution in [0.5, 0.6) is 11.5 Å². The van der Waals surface area contributed by atoms with Crippen molar-refractivity contribution in [1.29, 1.82) is 0 Å². The summed E-state index contributed by atoms with van der Waals surface area (Å²) in [5.74, 6) is 1.55. The van der Waals surface area contributed by atoms with Gasteiger partial charge in [-0.05, 0) is 78.4 Å². The van der Waals surface area contributed by atoms with Crippen molar-refractivity contribution in [2.24, 2.45) is 11.0 Å². The van der Waals surface area contributed by atoms with Gasteiger partial charge in [-0.15, -0.1) is 0 Å². The Balaban J connectivity index is 1.36. The number of amides is 1. The normalized spacial score (nSPS) is 18.6. The molecule has 1 aromatic heterocycles. The van der Waals surface area contributed by atoms with E-state index in [0.717, 1.165) is 69.8 Å². The summed E-state index contributed by atoms with van der Waals surface area (Å²) in [5.41, 5.74) is 7.38. The third-order valence-corrected chi connectivity index (χ3v) is 8.64. The molecule has 6 nitrogen and oxygen atoms in total. The minimum absolute atomic E-state index is 0.0762. The molecule has 4 aromatic carbocycles. The quantitative estimate of drug-likeness (QED) is 0.203. The minimum atomic E-state index is -0.241. The number of ether oxygens (including phenoxy) is 2. The maximum Gasteiger partial charge on any atom is 0.275 e. The zero-order valence-electron chi connectivity index (χ0n) is 24.8. The van der Waals surface area contributed by atoms with E-state index >= 15 is 0 Å². The number of pyridine rings is 1. The first kappa shape index (κ1) is 27.6. The second kappa shape index (κ2) is 11.8. The van der Waals surface area contributed by atoms with E-state index < -0.39 is 0 Å². The SMILES string of the molecule is COc1ccc(/C=C2/CCC[C@@H]3C2=NN(C(=O)c2cc(-c4ccccc4)nc4ccccc24)[C@H]3c2ccc(OC)cc2)cc1. The van der Waals surface area contributed by atoms with Gasteiger partial charge in [0.05, 0.1) is 42.7 Å². The van der Waals surface area contributed by atoms with Gasteiger partial charge in [0.2, 0.25) is 0 Å². The number of allylic oxidation sites excluding steroid dienone is 1. The Morgan fingerprint density at radius 2 is 1.52 bits per heavy atom. The van der Waals surface area contributed by atoms with Crippen LogP contribution in [0, 0.1) is 5.92 Å². The zero-order chi connectivity index (χ0) is 30.0. The molecule has 1 amide bonds. The lowest BCUT2D eigenvalue weighted by Crippen LogP contribution is -2.32. The summed E-state index contributed by atoms with van der Waals surface area (Å²) in [6.07, 6.45) is 5.09. The summed E-state index contributed by atoms with van der Waals surface area (Å²) in [7, 11) is 3.34. The molecule has 0 unspecified atom stereocenters. The molecular formula is C38H33N3O3. The smallest absolute Gasteiger partial charge is 0.275 e. The molecule has 2 aliphatic rings. The second-order valence-corrected chi connectivity index (χ2v) is 11.2. The highest BCUT2D eigenvalue weighted by Crippen LogP contribution is 2.45. The largest absolute Gasteiger partial charge is 0.497 e. The third kappa shape index (κ3) is 5.13. The lowest BCUT2D eigenvalue weighted by molar-refractivity contribution is 0.0683. The maximum atomic E-state index is 14.8. The Hall–Kier alpha value is -5.23. The molecule has 0 saturated heterocycles. The zero-order valence-corrected chi connectivity index (χ0v) is 24.8. The highest BCUT2D eigenvalue weighted by atomic mass is 16.5. The van der Waals surface area contributed by atoms with Crippen LogP contribution in [0.4, 0.5) is 0 Å². The molecule has 1 saturated carbocycles. The average Bonchev–Trinajstić information content (AvgIpc) is 3.49. The van der Waals surface area contributed by atoms with Gasteiger partial charge in [-0.2, -0.15) is 5.10 Å². The summed E-state index contributed by atoms with van der Waals surface area (Å²) in [4.78, 5) is 19.7. The van der Waals surface area contributed by atoms with Crippen molar-refractivity contribution in [1.82, 2.24) is 9.99 Å². The van der Waals surface area contributed by atoms with E-state index in [4.69, 9.17) is 19.6 Å². The van der Waals surface area contributed by atoms with Crippen molar-refractivity contribution in [2.75, 3.05) is 14.2 Å². The number of benzene rings is 4. The molecule has 6 heteroatoms. The number of rotatable bonds is 6. The van der Waals surface area contributed by atoms with Crippen LogP contribution >= 0.6 is 0 Å². The summed E-state index contributed by atoms with van der Waals surface area (Å²) in [5, 5.41) is 7.71. The van der Waals surface area contributed by atoms with E-state index in [0.29, 0.717) is 5.56 Å². The van der Waals surface area contributed by atoms with Crippen LogP contribution in [0.2, 0.25) is 0 Å². The van der Waals surface area contributed by atoms with Gasteiger partial charge in [-0.3, -0.25) is 4.79 Å². The van der Waals surface area contributed by atoms with Crippen LogP contribution < -0.4 is 9.47 Å². The number of hydrazone groups is 1. The van der Waals surface area contributed by atoms with E-state index in [9.17, 15) is 4.79 Å². The molecule has 0 N–H and O–H groups in total. The minimum Gasteiger partial charge on any atom is -0.497 e. The fourth-order valence-corrected chi connectivity index (χ4v) is 6.44. The molecule has 44 heavy (non-hydrogen) atoms. The van der Waals surface area contributed by atoms with Crippen molar-refractivity contribution >= 4 is 28.6 Å². The molecule has 2 heterocycles. The molecule has 1 fully saturated rings. The molecule has 1 aliphatic heterocycles. The molecule has 7 rings (SSSR count). The number of para-hydroxylation sites is 1. The van der Waals surface area contributed by atoms with Crippen molar-refractivity contribution in [2.45, 2.75) is 25.3 Å². The topological polar surface area (TPSA) is 64.0 Å². The van der Waals surface area contributed by atoms with E-state index in [1.54, 1.807) is 19.2 Å². The summed E-state index contributed by atoms with van der Waals surface area (Å²) in [6.45, 7) is 0. The number of hydrogen-bond acceptors (Lipinski definition) is 5. The molecule has 218 valence electrons. The molecule has 2 atom stereocenters. The third-order valence-electron chi connectivity index (χ3n) is 8.64. The average molecular weight is 580 g/mol. The van der Waals surface area contributed by atoms with Crippen LogP contribution in [0.1, 0.15) is 46.8 Å². The summed E-state index contributed by atoms with van der Waals surface area (Å²) >= 11 is 0. The van der Waals surface area contributed by atoms with Crippen molar-refractivity contribution in [3.8, 4) is 22.8 Å². The maximum absolute atomic E-state index is 14.8. The highest BCUT2D eigenvalue weighted by Gasteiger charge is 2.44. The number of aromatic nitrogens is 1. The molecular weight excluding hydrogens is 546 g/mol. The van der Waals surface area contributed by atoms with E-state index in [1.807, 2.05) is 84.9 Å². The predicted octanol–water partition coefficient (Wildman–Crippen LogP) is 8.36. The Morgan fingerprint density at radius 1 is 0.841 bits per heavy atom. The molecule has 1 aliphatic carbocycles. The Morgan fingerprint density at radius 3 is 2.25 bits per heavy atom. The Labute approximate surface area is 257 Å². The number of carbonyl (C=O) groups excluding carboxylic acids is 1. The summed E-state index contributed by atoms with van der Waals surface area (Å²) in [6, 6.07) is 35.6. The first-order chi connectivity index (χ1) is 21.6. The van der Waals surface area contributed by atoms with Crippen LogP contribution in [0.25, 0.3) is 28.2 Å². The number of fused-ring (bicyclic) bond motifs is 2. The van der Waals surface area contributed by atoms with E-state index in [2.05, 4.69) is 30.3 Å². The van der Waals surface area contributed by atoms with Crippen molar-refractivity contribution in [3.63, 3.8) is 0 Å². The van der Waals surface area contributed by atoms with Crippen LogP contribution in [0.15, 0.2) is 120 Å². The van der Waals surface area contributed by atoms with Gasteiger partial charge < -0.3 is 9.47 Å². The lowest BCUT2D eigenvalue weighted by atomic mass is 9.77. The Kier molecular flexibility index (Phi) is 7.40. The van der Waals surface area contributed by atoms with E-state index in [-0.39, 0.29) is 17.9 Å². The fourth-order valence-electron chi connectivity index (χ4n) is 6.44. The number of nitrogens with zero attached hydrogens (tertiary/aromatic N) is 3. The van der Waals surface area contributed by atoms with Gasteiger partial charge in [-0.1, -0.05) is 72.8 Å². The Bertz CT molecular complexity index is 1880. The first-order valence-electron chi connectivity index (χ1n) is 15.0. The van der Waals surface area contributed by atoms with Gasteiger partial charge >= 0.3 is 0 Å². The fraction of sp³-hybridized carbons (Fsp3) is 0.184. The highest BCUT2D eigenvalue weighted by molar-refractivity contribution is 6.12. The van der Waals surface area contributed by atoms with Crippen molar-refractivity contribution in [3.05, 3.63) is 131 Å². The standard InChI is InChI=1S/C38H33N3O3/c1-43-29-19-15-25(16-20-29)23-28-11-8-13-32-36(28)40-41(37(32)27-17-21-30(44-2)22-18-27)38(42)33-24-35(26-9-4-3-5-10-26)39-34-14-7-6-12-31(33)34/h3-7,9-10,12,14-24,32,37H,8,11,13H2,1-2H3/b28-23-/t32-,37+/m1/s1. The predicted molar refractivity (Wildman–Crippen MR) is 175 cm³/mol. The molecule has 0 radical (unpaired) electrons. The van der Waals surface area contributed by atoms with Gasteiger partial charge in [0.15, 0.2) is 0 Å². The first-order valence-corrected chi connectivity index (χ1v) is 15.0. The molecule has 0 spiro atoms. The molecule has 5 aromatic rings. The number of hydrogen-bond donors (Lipinski definition) is 0. The van der Waals surface area contributed by atoms with Crippen LogP contribution in [-0.2, 0) is 0 Å². The van der Waals surface area contributed by atoms with Crippen LogP contribution in [-0.4, -0.2) is 35.8 Å².